The molecule has 0 aromatic rings. The zero-order valence-corrected chi connectivity index (χ0v) is 8.53. The van der Waals surface area contributed by atoms with Crippen LogP contribution in [0.5, 0.6) is 0 Å². The first-order valence-electron chi connectivity index (χ1n) is 5.21. The van der Waals surface area contributed by atoms with E-state index in [1.807, 2.05) is 0 Å². The molecular weight excluding hydrogens is 166 g/mol. The third kappa shape index (κ3) is 2.42. The molecule has 1 saturated carbocycles. The van der Waals surface area contributed by atoms with Crippen molar-refractivity contribution >= 4 is 0 Å². The van der Waals surface area contributed by atoms with E-state index in [-0.39, 0.29) is 6.29 Å². The molecule has 0 radical (unpaired) electrons. The molecule has 0 bridgehead atoms. The van der Waals surface area contributed by atoms with Gasteiger partial charge in [0.25, 0.3) is 0 Å². The van der Waals surface area contributed by atoms with Crippen LogP contribution in [0.15, 0.2) is 0 Å². The number of hydrogen-bond donors (Lipinski definition) is 0. The minimum atomic E-state index is 0.0868. The van der Waals surface area contributed by atoms with Crippen molar-refractivity contribution in [1.29, 1.82) is 0 Å². The third-order valence-electron chi connectivity index (χ3n) is 2.83. The molecule has 2 rings (SSSR count). The Kier molecular flexibility index (Phi) is 2.86. The molecule has 1 saturated heterocycles. The van der Waals surface area contributed by atoms with E-state index in [2.05, 4.69) is 19.0 Å². The summed E-state index contributed by atoms with van der Waals surface area (Å²) >= 11 is 0. The number of rotatable bonds is 3. The number of nitrogens with zero attached hydrogens (tertiary/aromatic N) is 1. The Hall–Kier alpha value is -0.120. The zero-order chi connectivity index (χ0) is 9.26. The van der Waals surface area contributed by atoms with Crippen molar-refractivity contribution in [1.82, 2.24) is 4.90 Å². The molecule has 3 nitrogen and oxygen atoms in total. The van der Waals surface area contributed by atoms with E-state index in [1.54, 1.807) is 0 Å². The van der Waals surface area contributed by atoms with E-state index in [9.17, 15) is 0 Å². The highest BCUT2D eigenvalue weighted by Crippen LogP contribution is 2.32. The first-order chi connectivity index (χ1) is 6.27. The topological polar surface area (TPSA) is 21.7 Å². The van der Waals surface area contributed by atoms with Crippen molar-refractivity contribution in [2.24, 2.45) is 0 Å². The lowest BCUT2D eigenvalue weighted by molar-refractivity contribution is -0.171. The summed E-state index contributed by atoms with van der Waals surface area (Å²) in [7, 11) is 4.21. The summed E-state index contributed by atoms with van der Waals surface area (Å²) in [6.45, 7) is 0.879. The first-order valence-corrected chi connectivity index (χ1v) is 5.21. The van der Waals surface area contributed by atoms with Crippen LogP contribution in [-0.4, -0.2) is 44.0 Å². The van der Waals surface area contributed by atoms with E-state index < -0.39 is 0 Å². The molecule has 13 heavy (non-hydrogen) atoms. The summed E-state index contributed by atoms with van der Waals surface area (Å²) in [5.41, 5.74) is 0. The van der Waals surface area contributed by atoms with E-state index in [4.69, 9.17) is 9.47 Å². The van der Waals surface area contributed by atoms with Crippen LogP contribution < -0.4 is 0 Å². The number of likely N-dealkylation sites (N-methyl/N-ethyl adjacent to an activating group) is 1. The maximum Gasteiger partial charge on any atom is 0.158 e. The maximum atomic E-state index is 5.81. The van der Waals surface area contributed by atoms with Gasteiger partial charge in [-0.15, -0.1) is 0 Å². The smallest absolute Gasteiger partial charge is 0.158 e. The van der Waals surface area contributed by atoms with Crippen LogP contribution in [0.25, 0.3) is 0 Å². The summed E-state index contributed by atoms with van der Waals surface area (Å²) in [4.78, 5) is 2.23. The molecule has 2 aliphatic rings. The van der Waals surface area contributed by atoms with Crippen molar-refractivity contribution in [2.75, 3.05) is 20.7 Å². The Morgan fingerprint density at radius 3 is 2.69 bits per heavy atom. The predicted molar refractivity (Wildman–Crippen MR) is 50.6 cm³/mol. The molecule has 1 aliphatic carbocycles. The van der Waals surface area contributed by atoms with Crippen molar-refractivity contribution in [3.63, 3.8) is 0 Å². The second kappa shape index (κ2) is 3.95. The zero-order valence-electron chi connectivity index (χ0n) is 8.53. The van der Waals surface area contributed by atoms with E-state index in [0.29, 0.717) is 12.1 Å². The molecule has 2 fully saturated rings. The quantitative estimate of drug-likeness (QED) is 0.660. The molecule has 0 spiro atoms. The van der Waals surface area contributed by atoms with Gasteiger partial charge < -0.3 is 14.4 Å². The van der Waals surface area contributed by atoms with Gasteiger partial charge in [0.15, 0.2) is 6.29 Å². The van der Waals surface area contributed by atoms with Gasteiger partial charge in [-0.25, -0.2) is 0 Å². The van der Waals surface area contributed by atoms with Crippen LogP contribution in [0.4, 0.5) is 0 Å². The van der Waals surface area contributed by atoms with Gasteiger partial charge in [-0.1, -0.05) is 0 Å². The van der Waals surface area contributed by atoms with Crippen LogP contribution >= 0.6 is 0 Å². The van der Waals surface area contributed by atoms with Crippen molar-refractivity contribution < 1.29 is 9.47 Å². The SMILES string of the molecule is CN(C)[C@@H]1C[C@H]1OC1CCCCO1. The molecule has 0 N–H and O–H groups in total. The fourth-order valence-corrected chi connectivity index (χ4v) is 1.86. The van der Waals surface area contributed by atoms with Gasteiger partial charge in [0.1, 0.15) is 0 Å². The lowest BCUT2D eigenvalue weighted by atomic mass is 10.2. The maximum absolute atomic E-state index is 5.81. The Morgan fingerprint density at radius 2 is 2.15 bits per heavy atom. The minimum absolute atomic E-state index is 0.0868. The van der Waals surface area contributed by atoms with Crippen molar-refractivity contribution in [3.8, 4) is 0 Å². The van der Waals surface area contributed by atoms with E-state index in [0.717, 1.165) is 13.0 Å². The summed E-state index contributed by atoms with van der Waals surface area (Å²) in [6.07, 6.45) is 5.22. The molecule has 0 aromatic heterocycles. The summed E-state index contributed by atoms with van der Waals surface area (Å²) in [5.74, 6) is 0. The molecule has 0 aromatic carbocycles. The van der Waals surface area contributed by atoms with Crippen LogP contribution in [0.1, 0.15) is 25.7 Å². The van der Waals surface area contributed by atoms with Crippen LogP contribution in [0, 0.1) is 0 Å². The van der Waals surface area contributed by atoms with Gasteiger partial charge in [0.05, 0.1) is 6.10 Å². The normalized spacial score (nSPS) is 39.5. The highest BCUT2D eigenvalue weighted by atomic mass is 16.7. The standard InChI is InChI=1S/C10H19NO2/c1-11(2)8-7-9(8)13-10-5-3-4-6-12-10/h8-10H,3-7H2,1-2H3/t8-,9-,10?/m1/s1. The van der Waals surface area contributed by atoms with Gasteiger partial charge >= 0.3 is 0 Å². The second-order valence-corrected chi connectivity index (χ2v) is 4.24. The first kappa shape index (κ1) is 9.44. The largest absolute Gasteiger partial charge is 0.353 e. The van der Waals surface area contributed by atoms with E-state index >= 15 is 0 Å². The van der Waals surface area contributed by atoms with Crippen molar-refractivity contribution in [2.45, 2.75) is 44.1 Å². The molecule has 1 aliphatic heterocycles. The molecule has 1 unspecified atom stereocenters. The lowest BCUT2D eigenvalue weighted by Gasteiger charge is -2.23. The lowest BCUT2D eigenvalue weighted by Crippen LogP contribution is -2.26. The molecule has 3 atom stereocenters. The Labute approximate surface area is 80.0 Å². The third-order valence-corrected chi connectivity index (χ3v) is 2.83. The molecule has 3 heteroatoms. The van der Waals surface area contributed by atoms with Gasteiger partial charge in [0.2, 0.25) is 0 Å². The van der Waals surface area contributed by atoms with Gasteiger partial charge in [-0.05, 0) is 39.8 Å². The Bertz CT molecular complexity index is 166. The number of hydrogen-bond acceptors (Lipinski definition) is 3. The molecule has 1 heterocycles. The number of ether oxygens (including phenoxy) is 2. The highest BCUT2D eigenvalue weighted by Gasteiger charge is 2.41. The van der Waals surface area contributed by atoms with Crippen LogP contribution in [-0.2, 0) is 9.47 Å². The average Bonchev–Trinajstić information content (AvgIpc) is 2.86. The fraction of sp³-hybridized carbons (Fsp3) is 1.00. The molecular formula is C10H19NO2. The van der Waals surface area contributed by atoms with Gasteiger partial charge in [-0.2, -0.15) is 0 Å². The van der Waals surface area contributed by atoms with Gasteiger partial charge in [-0.3, -0.25) is 0 Å². The Balaban J connectivity index is 1.68. The minimum Gasteiger partial charge on any atom is -0.353 e. The predicted octanol–water partition coefficient (Wildman–Crippen LogP) is 1.23. The summed E-state index contributed by atoms with van der Waals surface area (Å²) < 4.78 is 11.3. The average molecular weight is 185 g/mol. The van der Waals surface area contributed by atoms with Crippen LogP contribution in [0.3, 0.4) is 0 Å². The van der Waals surface area contributed by atoms with Crippen molar-refractivity contribution in [3.05, 3.63) is 0 Å². The highest BCUT2D eigenvalue weighted by molar-refractivity contribution is 4.95. The molecule has 76 valence electrons. The van der Waals surface area contributed by atoms with E-state index in [1.165, 1.54) is 19.3 Å². The molecule has 0 amide bonds. The fourth-order valence-electron chi connectivity index (χ4n) is 1.86. The second-order valence-electron chi connectivity index (χ2n) is 4.24. The summed E-state index contributed by atoms with van der Waals surface area (Å²) in [6, 6.07) is 0.630. The summed E-state index contributed by atoms with van der Waals surface area (Å²) in [5, 5.41) is 0. The van der Waals surface area contributed by atoms with Gasteiger partial charge in [0, 0.05) is 12.6 Å². The Morgan fingerprint density at radius 1 is 1.31 bits per heavy atom. The monoisotopic (exact) mass is 185 g/mol. The van der Waals surface area contributed by atoms with Crippen LogP contribution in [0.2, 0.25) is 0 Å².